The Kier molecular flexibility index (Phi) is 25.4. The maximum atomic E-state index is 10.3. The third kappa shape index (κ3) is 23.0. The van der Waals surface area contributed by atoms with E-state index in [1.807, 2.05) is 0 Å². The first-order valence-corrected chi connectivity index (χ1v) is 9.47. The number of hydrogen-bond donors (Lipinski definition) is 10. The van der Waals surface area contributed by atoms with Gasteiger partial charge in [0.2, 0.25) is 0 Å². The van der Waals surface area contributed by atoms with Crippen molar-refractivity contribution in [1.29, 1.82) is 0 Å². The first-order chi connectivity index (χ1) is 17.3. The number of carbonyl (C=O) groups is 9. The second kappa shape index (κ2) is 21.4. The summed E-state index contributed by atoms with van der Waals surface area (Å²) in [4.78, 5) is 91.1. The van der Waals surface area contributed by atoms with E-state index in [2.05, 4.69) is 0 Å². The van der Waals surface area contributed by atoms with Crippen LogP contribution in [0.5, 0.6) is 0 Å². The number of aliphatic carboxylic acids is 9. The Balaban J connectivity index is -0.000000154. The molecule has 0 unspecified atom stereocenters. The van der Waals surface area contributed by atoms with Crippen LogP contribution in [-0.4, -0.2) is 122 Å². The van der Waals surface area contributed by atoms with Gasteiger partial charge in [0.15, 0.2) is 16.8 Å². The molecule has 0 aliphatic heterocycles. The maximum Gasteiger partial charge on any atom is 1.00 e. The van der Waals surface area contributed by atoms with Gasteiger partial charge in [-0.3, -0.25) is 19.2 Å². The van der Waals surface area contributed by atoms with Crippen LogP contribution in [0.15, 0.2) is 0 Å². The topological polar surface area (TPSA) is 402 Å². The van der Waals surface area contributed by atoms with Crippen LogP contribution in [0, 0.1) is 0 Å². The summed E-state index contributed by atoms with van der Waals surface area (Å²) in [5, 5.41) is 105. The quantitative estimate of drug-likeness (QED) is 0.0745. The summed E-state index contributed by atoms with van der Waals surface area (Å²) in [7, 11) is 0. The molecule has 0 aliphatic carbocycles. The van der Waals surface area contributed by atoms with Gasteiger partial charge < -0.3 is 70.9 Å². The van der Waals surface area contributed by atoms with Gasteiger partial charge in [0, 0.05) is 24.8 Å². The zero-order valence-electron chi connectivity index (χ0n) is 21.2. The van der Waals surface area contributed by atoms with Gasteiger partial charge in [-0.05, 0) is 0 Å². The smallest absolute Gasteiger partial charge is 0.550 e. The molecule has 23 heteroatoms. The molecule has 21 nitrogen and oxygen atoms in total. The van der Waals surface area contributed by atoms with Gasteiger partial charge in [-0.1, -0.05) is 0 Å². The summed E-state index contributed by atoms with van der Waals surface area (Å²) < 4.78 is 0. The molecule has 222 valence electrons. The monoisotopic (exact) mass is 636 g/mol. The molecule has 0 spiro atoms. The Hall–Kier alpha value is -2.25. The molecule has 0 saturated heterocycles. The molecule has 0 aliphatic rings. The molecule has 41 heavy (non-hydrogen) atoms. The summed E-state index contributed by atoms with van der Waals surface area (Å²) >= 11 is 0. The summed E-state index contributed by atoms with van der Waals surface area (Å²) in [6.07, 6.45) is -7.17. The van der Waals surface area contributed by atoms with Crippen molar-refractivity contribution in [3.63, 3.8) is 0 Å². The summed E-state index contributed by atoms with van der Waals surface area (Å²) in [5.74, 6) is -15.7. The van der Waals surface area contributed by atoms with E-state index in [0.717, 1.165) is 0 Å². The molecule has 0 radical (unpaired) electrons. The van der Waals surface area contributed by atoms with Crippen LogP contribution in [0.1, 0.15) is 38.5 Å². The molecular formula is C18H22KNaO21. The fourth-order valence-electron chi connectivity index (χ4n) is 2.12. The summed E-state index contributed by atoms with van der Waals surface area (Å²) in [6, 6.07) is 0. The van der Waals surface area contributed by atoms with Gasteiger partial charge in [-0.15, -0.1) is 0 Å². The average Bonchev–Trinajstić information content (AvgIpc) is 2.64. The predicted molar refractivity (Wildman–Crippen MR) is 106 cm³/mol. The molecule has 0 fully saturated rings. The minimum absolute atomic E-state index is 0. The maximum absolute atomic E-state index is 10.3. The Morgan fingerprint density at radius 2 is 0.561 bits per heavy atom. The van der Waals surface area contributed by atoms with Crippen LogP contribution in [0.3, 0.4) is 0 Å². The fraction of sp³-hybridized carbons (Fsp3) is 0.500. The van der Waals surface area contributed by atoms with Gasteiger partial charge in [-0.2, -0.15) is 0 Å². The van der Waals surface area contributed by atoms with Crippen LogP contribution in [0.4, 0.5) is 0 Å². The predicted octanol–water partition coefficient (Wildman–Crippen LogP) is -12.4. The van der Waals surface area contributed by atoms with Crippen molar-refractivity contribution in [2.75, 3.05) is 0 Å². The Labute approximate surface area is 291 Å². The first kappa shape index (κ1) is 48.5. The largest absolute Gasteiger partial charge is 1.00 e. The van der Waals surface area contributed by atoms with Crippen molar-refractivity contribution in [2.45, 2.75) is 55.3 Å². The van der Waals surface area contributed by atoms with Crippen molar-refractivity contribution < 1.29 is 185 Å². The number of carboxylic acids is 9. The molecule has 10 N–H and O–H groups in total. The van der Waals surface area contributed by atoms with Crippen LogP contribution >= 0.6 is 0 Å². The van der Waals surface area contributed by atoms with Gasteiger partial charge >= 0.3 is 123 Å². The van der Waals surface area contributed by atoms with E-state index in [1.54, 1.807) is 0 Å². The molecule has 0 aromatic heterocycles. The summed E-state index contributed by atoms with van der Waals surface area (Å²) in [5.41, 5.74) is -8.34. The zero-order valence-corrected chi connectivity index (χ0v) is 26.3. The van der Waals surface area contributed by atoms with E-state index in [4.69, 9.17) is 51.1 Å². The number of carbonyl (C=O) groups excluding carboxylic acids is 2. The normalized spacial score (nSPS) is 10.3. The van der Waals surface area contributed by atoms with Crippen molar-refractivity contribution in [1.82, 2.24) is 0 Å². The number of carboxylic acid groups (broad SMARTS) is 9. The number of hydrogen-bond acceptors (Lipinski definition) is 14. The Morgan fingerprint density at radius 1 is 0.415 bits per heavy atom. The van der Waals surface area contributed by atoms with E-state index < -0.39 is 109 Å². The standard InChI is InChI=1S/3C6H8O7.K.Na/c3*7-3(8)1-6(13,5(11)12)2-4(9)10;;/h3*13H,1-2H2,(H,7,8)(H,9,10)(H,11,12);;/q;;;2*+1/p-2. The van der Waals surface area contributed by atoms with E-state index in [0.29, 0.717) is 0 Å². The SMILES string of the molecule is O=C(O)CC(O)(CC(=O)O)C(=O)O.O=C(O)CC(O)(CC(=O)O)C(=O)O.O=C([O-])CC(O)(CC(=O)[O-])C(=O)O.[K+].[Na+]. The minimum atomic E-state index is -2.86. The molecule has 0 saturated carbocycles. The molecule has 0 heterocycles. The third-order valence-corrected chi connectivity index (χ3v) is 3.84. The fourth-order valence-corrected chi connectivity index (χ4v) is 2.12. The van der Waals surface area contributed by atoms with Gasteiger partial charge in [0.1, 0.15) is 0 Å². The Bertz CT molecular complexity index is 819. The number of aliphatic hydroxyl groups is 3. The van der Waals surface area contributed by atoms with E-state index >= 15 is 0 Å². The molecule has 0 atom stereocenters. The van der Waals surface area contributed by atoms with Gasteiger partial charge in [-0.25, -0.2) is 14.4 Å². The van der Waals surface area contributed by atoms with Gasteiger partial charge in [0.05, 0.1) is 25.7 Å². The van der Waals surface area contributed by atoms with Crippen LogP contribution in [0.2, 0.25) is 0 Å². The van der Waals surface area contributed by atoms with E-state index in [9.17, 15) is 53.4 Å². The Morgan fingerprint density at radius 3 is 0.659 bits per heavy atom. The first-order valence-electron chi connectivity index (χ1n) is 9.47. The molecule has 0 rings (SSSR count). The van der Waals surface area contributed by atoms with Crippen LogP contribution < -0.4 is 91.2 Å². The summed E-state index contributed by atoms with van der Waals surface area (Å²) in [6.45, 7) is 0. The van der Waals surface area contributed by atoms with Gasteiger partial charge in [0.25, 0.3) is 0 Å². The average molecular weight is 636 g/mol. The van der Waals surface area contributed by atoms with Crippen molar-refractivity contribution in [2.24, 2.45) is 0 Å². The van der Waals surface area contributed by atoms with Crippen LogP contribution in [0.25, 0.3) is 0 Å². The molecular weight excluding hydrogens is 614 g/mol. The third-order valence-electron chi connectivity index (χ3n) is 3.84. The minimum Gasteiger partial charge on any atom is -0.550 e. The second-order valence-electron chi connectivity index (χ2n) is 7.39. The second-order valence-corrected chi connectivity index (χ2v) is 7.39. The number of rotatable bonds is 15. The van der Waals surface area contributed by atoms with Crippen molar-refractivity contribution >= 4 is 53.7 Å². The molecule has 0 aromatic rings. The zero-order chi connectivity index (χ0) is 31.9. The molecule has 0 bridgehead atoms. The van der Waals surface area contributed by atoms with E-state index in [1.165, 1.54) is 0 Å². The molecule has 0 amide bonds. The van der Waals surface area contributed by atoms with Crippen molar-refractivity contribution in [3.05, 3.63) is 0 Å². The van der Waals surface area contributed by atoms with E-state index in [-0.39, 0.29) is 80.9 Å². The van der Waals surface area contributed by atoms with Crippen molar-refractivity contribution in [3.8, 4) is 0 Å². The molecule has 0 aromatic carbocycles. The van der Waals surface area contributed by atoms with Crippen LogP contribution in [-0.2, 0) is 43.2 Å².